The summed E-state index contributed by atoms with van der Waals surface area (Å²) in [5, 5.41) is 0. The van der Waals surface area contributed by atoms with Crippen molar-refractivity contribution >= 4 is 35.6 Å². The van der Waals surface area contributed by atoms with Crippen LogP contribution in [0, 0.1) is 0 Å². The number of hydrogen-bond donors (Lipinski definition) is 0. The number of carbonyl (C=O) groups excluding carboxylic acids is 2. The second-order valence-electron chi connectivity index (χ2n) is 13.4. The largest absolute Gasteiger partial charge is 0.493 e. The molecular formula is C36H44F2N6O6. The van der Waals surface area contributed by atoms with Gasteiger partial charge in [0.15, 0.2) is 23.0 Å². The number of halogens is 2. The highest BCUT2D eigenvalue weighted by Gasteiger charge is 2.39. The molecule has 0 N–H and O–H groups in total. The Kier molecular flexibility index (Phi) is 10.2. The average Bonchev–Trinajstić information content (AvgIpc) is 3.64. The Bertz CT molecular complexity index is 1530. The molecule has 5 heterocycles. The molecule has 4 atom stereocenters. The van der Waals surface area contributed by atoms with Crippen molar-refractivity contribution < 1.29 is 37.3 Å². The van der Waals surface area contributed by atoms with Gasteiger partial charge in [-0.1, -0.05) is 0 Å². The highest BCUT2D eigenvalue weighted by molar-refractivity contribution is 6.04. The number of methoxy groups -OCH3 is 2. The van der Waals surface area contributed by atoms with Gasteiger partial charge in [0.25, 0.3) is 11.8 Å². The Hall–Kier alpha value is -4.30. The normalized spacial score (nSPS) is 24.7. The fourth-order valence-electron chi connectivity index (χ4n) is 7.39. The van der Waals surface area contributed by atoms with Gasteiger partial charge in [-0.05, 0) is 25.0 Å². The molecule has 0 saturated carbocycles. The number of nitrogens with zero attached hydrogens (tertiary/aromatic N) is 6. The summed E-state index contributed by atoms with van der Waals surface area (Å²) in [6.45, 7) is 6.79. The number of carbonyl (C=O) groups is 2. The molecule has 7 rings (SSSR count). The first-order valence-corrected chi connectivity index (χ1v) is 17.4. The van der Waals surface area contributed by atoms with Crippen molar-refractivity contribution in [3.05, 3.63) is 35.4 Å². The molecular weight excluding hydrogens is 650 g/mol. The summed E-state index contributed by atoms with van der Waals surface area (Å²) in [5.41, 5.74) is 1.82. The molecule has 0 unspecified atom stereocenters. The molecule has 3 saturated heterocycles. The van der Waals surface area contributed by atoms with Gasteiger partial charge in [0.1, 0.15) is 12.3 Å². The minimum atomic E-state index is -1.04. The zero-order chi connectivity index (χ0) is 34.8. The summed E-state index contributed by atoms with van der Waals surface area (Å²) in [6.07, 6.45) is 3.44. The van der Waals surface area contributed by atoms with Crippen LogP contribution in [0.5, 0.6) is 23.0 Å². The van der Waals surface area contributed by atoms with E-state index in [0.717, 1.165) is 52.1 Å². The van der Waals surface area contributed by atoms with Crippen molar-refractivity contribution in [1.29, 1.82) is 0 Å². The number of rotatable bonds is 12. The highest BCUT2D eigenvalue weighted by Crippen LogP contribution is 2.40. The third-order valence-electron chi connectivity index (χ3n) is 10.1. The van der Waals surface area contributed by atoms with Crippen LogP contribution in [0.3, 0.4) is 0 Å². The van der Waals surface area contributed by atoms with E-state index in [4.69, 9.17) is 18.9 Å². The zero-order valence-corrected chi connectivity index (χ0v) is 28.6. The number of hydrogen-bond acceptors (Lipinski definition) is 10. The molecule has 12 nitrogen and oxygen atoms in total. The monoisotopic (exact) mass is 694 g/mol. The summed E-state index contributed by atoms with van der Waals surface area (Å²) in [6, 6.07) is 6.11. The third kappa shape index (κ3) is 7.13. The number of ether oxygens (including phenoxy) is 4. The van der Waals surface area contributed by atoms with Crippen LogP contribution in [0.15, 0.2) is 34.3 Å². The van der Waals surface area contributed by atoms with E-state index in [0.29, 0.717) is 58.7 Å². The lowest BCUT2D eigenvalue weighted by molar-refractivity contribution is 0.0758. The smallest absolute Gasteiger partial charge is 0.256 e. The predicted molar refractivity (Wildman–Crippen MR) is 184 cm³/mol. The second-order valence-corrected chi connectivity index (χ2v) is 13.4. The van der Waals surface area contributed by atoms with Crippen LogP contribution in [-0.4, -0.2) is 148 Å². The maximum atomic E-state index is 13.9. The van der Waals surface area contributed by atoms with Crippen LogP contribution >= 0.6 is 0 Å². The topological polar surface area (TPSA) is 109 Å². The van der Waals surface area contributed by atoms with Crippen LogP contribution in [0.2, 0.25) is 0 Å². The number of amides is 2. The van der Waals surface area contributed by atoms with Crippen LogP contribution in [-0.2, 0) is 0 Å². The molecule has 5 aliphatic rings. The van der Waals surface area contributed by atoms with Gasteiger partial charge in [-0.2, -0.15) is 0 Å². The van der Waals surface area contributed by atoms with Gasteiger partial charge in [-0.3, -0.25) is 19.6 Å². The maximum absolute atomic E-state index is 13.9. The molecule has 0 bridgehead atoms. The lowest BCUT2D eigenvalue weighted by Gasteiger charge is -2.34. The van der Waals surface area contributed by atoms with Crippen molar-refractivity contribution in [3.8, 4) is 23.0 Å². The van der Waals surface area contributed by atoms with Crippen molar-refractivity contribution in [2.75, 3.05) is 79.8 Å². The minimum Gasteiger partial charge on any atom is -0.493 e. The van der Waals surface area contributed by atoms with Crippen molar-refractivity contribution in [1.82, 2.24) is 19.6 Å². The van der Waals surface area contributed by atoms with E-state index in [2.05, 4.69) is 19.8 Å². The Balaban J connectivity index is 0.834. The molecule has 0 aliphatic carbocycles. The molecule has 0 radical (unpaired) electrons. The average molecular weight is 695 g/mol. The third-order valence-corrected chi connectivity index (χ3v) is 10.1. The molecule has 14 heteroatoms. The zero-order valence-electron chi connectivity index (χ0n) is 28.6. The SMILES string of the molecule is COc1cc2c(cc1OCCCN1CCN(CCCOc3cc4c(cc3OC)C(=O)N3C[C@H](F)C[C@H]3C=N4)CC1)N=C[C@@H]1C[C@@H](F)CN1C2=O. The van der Waals surface area contributed by atoms with E-state index in [-0.39, 0.29) is 49.8 Å². The van der Waals surface area contributed by atoms with Crippen LogP contribution in [0.1, 0.15) is 46.4 Å². The van der Waals surface area contributed by atoms with Gasteiger partial charge < -0.3 is 38.5 Å². The minimum absolute atomic E-state index is 0.0792. The summed E-state index contributed by atoms with van der Waals surface area (Å²) in [7, 11) is 3.08. The molecule has 5 aliphatic heterocycles. The lowest BCUT2D eigenvalue weighted by Crippen LogP contribution is -2.47. The van der Waals surface area contributed by atoms with E-state index < -0.39 is 12.3 Å². The number of fused-ring (bicyclic) bond motifs is 4. The van der Waals surface area contributed by atoms with E-state index in [1.807, 2.05) is 0 Å². The van der Waals surface area contributed by atoms with Crippen molar-refractivity contribution in [2.24, 2.45) is 9.98 Å². The Morgan fingerprint density at radius 1 is 0.660 bits per heavy atom. The Morgan fingerprint density at radius 3 is 1.48 bits per heavy atom. The molecule has 2 aromatic rings. The molecule has 268 valence electrons. The maximum Gasteiger partial charge on any atom is 0.256 e. The fraction of sp³-hybridized carbons (Fsp3) is 0.556. The van der Waals surface area contributed by atoms with Crippen molar-refractivity contribution in [3.63, 3.8) is 0 Å². The number of aliphatic imine (C=N–C) groups is 2. The van der Waals surface area contributed by atoms with Crippen molar-refractivity contribution in [2.45, 2.75) is 50.1 Å². The van der Waals surface area contributed by atoms with Gasteiger partial charge in [-0.15, -0.1) is 0 Å². The summed E-state index contributed by atoms with van der Waals surface area (Å²) < 4.78 is 51.1. The van der Waals surface area contributed by atoms with Crippen LogP contribution in [0.25, 0.3) is 0 Å². The standard InChI is InChI=1S/C36H44F2N6O6/c1-47-31-15-27-29(39-19-25-13-23(37)21-43(25)35(27)45)17-33(31)49-11-3-5-41-7-9-42(10-8-41)6-4-12-50-34-18-30-28(16-32(34)48-2)36(46)44-22-24(38)14-26(44)20-40-30/h15-20,23-26H,3-14,21-22H2,1-2H3/t23-,24-,25+,26+/m1/s1. The second kappa shape index (κ2) is 14.9. The molecule has 2 aromatic carbocycles. The van der Waals surface area contributed by atoms with E-state index in [9.17, 15) is 18.4 Å². The number of piperazine rings is 1. The quantitative estimate of drug-likeness (QED) is 0.306. The summed E-state index contributed by atoms with van der Waals surface area (Å²) in [5.74, 6) is 1.52. The van der Waals surface area contributed by atoms with E-state index in [1.165, 1.54) is 24.0 Å². The molecule has 2 amide bonds. The Morgan fingerprint density at radius 2 is 1.08 bits per heavy atom. The first kappa shape index (κ1) is 34.2. The van der Waals surface area contributed by atoms with Crippen LogP contribution < -0.4 is 18.9 Å². The molecule has 50 heavy (non-hydrogen) atoms. The summed E-state index contributed by atoms with van der Waals surface area (Å²) >= 11 is 0. The van der Waals surface area contributed by atoms with Gasteiger partial charge in [0, 0.05) is 76.7 Å². The van der Waals surface area contributed by atoms with Gasteiger partial charge in [0.05, 0.1) is 75.1 Å². The highest BCUT2D eigenvalue weighted by atomic mass is 19.1. The Labute approximate surface area is 290 Å². The summed E-state index contributed by atoms with van der Waals surface area (Å²) in [4.78, 5) is 43.1. The molecule has 0 spiro atoms. The van der Waals surface area contributed by atoms with E-state index in [1.54, 1.807) is 36.7 Å². The molecule has 3 fully saturated rings. The van der Waals surface area contributed by atoms with Gasteiger partial charge in [-0.25, -0.2) is 8.78 Å². The van der Waals surface area contributed by atoms with Gasteiger partial charge >= 0.3 is 0 Å². The first-order valence-electron chi connectivity index (χ1n) is 17.4. The van der Waals surface area contributed by atoms with Gasteiger partial charge in [0.2, 0.25) is 0 Å². The lowest BCUT2D eigenvalue weighted by atomic mass is 10.1. The van der Waals surface area contributed by atoms with E-state index >= 15 is 0 Å². The predicted octanol–water partition coefficient (Wildman–Crippen LogP) is 4.10. The fourth-order valence-corrected chi connectivity index (χ4v) is 7.39. The number of benzene rings is 2. The van der Waals surface area contributed by atoms with Crippen LogP contribution in [0.4, 0.5) is 20.2 Å². The first-order chi connectivity index (χ1) is 24.3. The number of alkyl halides is 2. The molecule has 0 aromatic heterocycles.